The van der Waals surface area contributed by atoms with Gasteiger partial charge in [-0.25, -0.2) is 0 Å². The maximum atomic E-state index is 8.68. The molecule has 13 heavy (non-hydrogen) atoms. The average Bonchev–Trinajstić information content (AvgIpc) is 2.34. The molecule has 0 fully saturated rings. The van der Waals surface area contributed by atoms with Gasteiger partial charge < -0.3 is 0 Å². The molecule has 0 aromatic carbocycles. The van der Waals surface area contributed by atoms with Crippen molar-refractivity contribution >= 4 is 0 Å². The molecule has 0 bridgehead atoms. The van der Waals surface area contributed by atoms with Crippen LogP contribution in [0.4, 0.5) is 0 Å². The Morgan fingerprint density at radius 3 is 2.46 bits per heavy atom. The van der Waals surface area contributed by atoms with E-state index in [4.69, 9.17) is 10.5 Å². The second-order valence-electron chi connectivity index (χ2n) is 2.61. The summed E-state index contributed by atoms with van der Waals surface area (Å²) in [6, 6.07) is 3.76. The van der Waals surface area contributed by atoms with Crippen LogP contribution in [0.25, 0.3) is 0 Å². The quantitative estimate of drug-likeness (QED) is 0.521. The fraction of sp³-hybridized carbons (Fsp3) is 0.0909. The average molecular weight is 168 g/mol. The summed E-state index contributed by atoms with van der Waals surface area (Å²) in [5.74, 6) is 0. The first-order valence-corrected chi connectivity index (χ1v) is 3.86. The molecule has 2 heteroatoms. The highest BCUT2D eigenvalue weighted by atomic mass is 14.3. The van der Waals surface area contributed by atoms with Gasteiger partial charge in [-0.1, -0.05) is 30.4 Å². The Bertz CT molecular complexity index is 390. The molecule has 2 nitrogen and oxygen atoms in total. The minimum Gasteiger partial charge on any atom is -0.192 e. The van der Waals surface area contributed by atoms with Crippen molar-refractivity contribution in [3.8, 4) is 12.1 Å². The van der Waals surface area contributed by atoms with Gasteiger partial charge in [0.2, 0.25) is 0 Å². The first-order chi connectivity index (χ1) is 6.29. The van der Waals surface area contributed by atoms with Gasteiger partial charge in [0.15, 0.2) is 0 Å². The molecule has 0 aromatic rings. The van der Waals surface area contributed by atoms with Crippen molar-refractivity contribution in [2.24, 2.45) is 0 Å². The molecular formula is C11H8N2. The molecule has 1 rings (SSSR count). The lowest BCUT2D eigenvalue weighted by Crippen LogP contribution is -1.86. The molecule has 0 amide bonds. The summed E-state index contributed by atoms with van der Waals surface area (Å²) in [6.07, 6.45) is 9.21. The van der Waals surface area contributed by atoms with E-state index in [1.807, 2.05) is 43.4 Å². The first-order valence-electron chi connectivity index (χ1n) is 3.86. The Labute approximate surface area is 77.4 Å². The van der Waals surface area contributed by atoms with Crippen molar-refractivity contribution < 1.29 is 0 Å². The van der Waals surface area contributed by atoms with E-state index in [0.717, 1.165) is 5.57 Å². The van der Waals surface area contributed by atoms with Crippen LogP contribution >= 0.6 is 0 Å². The van der Waals surface area contributed by atoms with Crippen molar-refractivity contribution in [2.75, 3.05) is 0 Å². The molecular weight excluding hydrogens is 160 g/mol. The minimum absolute atomic E-state index is 0.161. The van der Waals surface area contributed by atoms with E-state index in [0.29, 0.717) is 5.57 Å². The zero-order valence-corrected chi connectivity index (χ0v) is 7.28. The van der Waals surface area contributed by atoms with Crippen LogP contribution in [0, 0.1) is 22.7 Å². The molecule has 62 valence electrons. The van der Waals surface area contributed by atoms with Crippen molar-refractivity contribution in [1.82, 2.24) is 0 Å². The number of allylic oxidation sites excluding steroid dienone is 8. The molecule has 0 heterocycles. The van der Waals surface area contributed by atoms with Crippen molar-refractivity contribution in [1.29, 1.82) is 10.5 Å². The SMILES string of the molecule is CC1=CC=CC=CC1=C(C#N)C#N. The fourth-order valence-corrected chi connectivity index (χ4v) is 1.06. The molecule has 0 saturated carbocycles. The molecule has 0 unspecified atom stereocenters. The molecule has 0 spiro atoms. The normalized spacial score (nSPS) is 14.1. The molecule has 1 aliphatic rings. The third-order valence-corrected chi connectivity index (χ3v) is 1.75. The van der Waals surface area contributed by atoms with Crippen LogP contribution in [0.3, 0.4) is 0 Å². The van der Waals surface area contributed by atoms with Gasteiger partial charge in [0.25, 0.3) is 0 Å². The molecule has 0 aromatic heterocycles. The van der Waals surface area contributed by atoms with Crippen molar-refractivity contribution in [3.05, 3.63) is 47.1 Å². The highest BCUT2D eigenvalue weighted by Crippen LogP contribution is 2.17. The standard InChI is InChI=1S/C11H8N2/c1-9-5-3-2-4-6-11(9)10(7-12)8-13/h2-6H,1H3. The number of rotatable bonds is 0. The maximum Gasteiger partial charge on any atom is 0.137 e. The highest BCUT2D eigenvalue weighted by molar-refractivity contribution is 5.55. The second kappa shape index (κ2) is 4.09. The molecule has 0 aliphatic heterocycles. The Morgan fingerprint density at radius 2 is 1.85 bits per heavy atom. The van der Waals surface area contributed by atoms with Gasteiger partial charge in [0.1, 0.15) is 17.7 Å². The summed E-state index contributed by atoms with van der Waals surface area (Å²) in [5, 5.41) is 17.4. The van der Waals surface area contributed by atoms with Gasteiger partial charge in [0, 0.05) is 5.57 Å². The number of nitrogens with zero attached hydrogens (tertiary/aromatic N) is 2. The van der Waals surface area contributed by atoms with Crippen molar-refractivity contribution in [2.45, 2.75) is 6.92 Å². The second-order valence-corrected chi connectivity index (χ2v) is 2.61. The fourth-order valence-electron chi connectivity index (χ4n) is 1.06. The van der Waals surface area contributed by atoms with E-state index in [1.165, 1.54) is 0 Å². The number of hydrogen-bond donors (Lipinski definition) is 0. The van der Waals surface area contributed by atoms with Gasteiger partial charge in [-0.15, -0.1) is 0 Å². The third-order valence-electron chi connectivity index (χ3n) is 1.75. The molecule has 0 radical (unpaired) electrons. The molecule has 1 aliphatic carbocycles. The van der Waals surface area contributed by atoms with Crippen molar-refractivity contribution in [3.63, 3.8) is 0 Å². The van der Waals surface area contributed by atoms with E-state index in [1.54, 1.807) is 6.08 Å². The Balaban J connectivity index is 3.29. The Hall–Kier alpha value is -2.06. The highest BCUT2D eigenvalue weighted by Gasteiger charge is 2.04. The van der Waals surface area contributed by atoms with E-state index < -0.39 is 0 Å². The largest absolute Gasteiger partial charge is 0.192 e. The van der Waals surface area contributed by atoms with Gasteiger partial charge in [0.05, 0.1) is 0 Å². The van der Waals surface area contributed by atoms with Crippen LogP contribution in [0.15, 0.2) is 47.1 Å². The summed E-state index contributed by atoms with van der Waals surface area (Å²) in [5.41, 5.74) is 1.80. The predicted octanol–water partition coefficient (Wildman–Crippen LogP) is 2.40. The number of hydrogen-bond acceptors (Lipinski definition) is 2. The van der Waals surface area contributed by atoms with Gasteiger partial charge in [-0.05, 0) is 12.5 Å². The summed E-state index contributed by atoms with van der Waals surface area (Å²) < 4.78 is 0. The van der Waals surface area contributed by atoms with E-state index in [2.05, 4.69) is 0 Å². The lowest BCUT2D eigenvalue weighted by Gasteiger charge is -1.99. The van der Waals surface area contributed by atoms with Gasteiger partial charge >= 0.3 is 0 Å². The van der Waals surface area contributed by atoms with Crippen LogP contribution in [0.1, 0.15) is 6.92 Å². The lowest BCUT2D eigenvalue weighted by atomic mass is 10.0. The third kappa shape index (κ3) is 1.95. The molecule has 0 N–H and O–H groups in total. The monoisotopic (exact) mass is 168 g/mol. The van der Waals surface area contributed by atoms with Gasteiger partial charge in [-0.2, -0.15) is 10.5 Å². The predicted molar refractivity (Wildman–Crippen MR) is 50.3 cm³/mol. The lowest BCUT2D eigenvalue weighted by molar-refractivity contribution is 1.37. The smallest absolute Gasteiger partial charge is 0.137 e. The van der Waals surface area contributed by atoms with E-state index in [-0.39, 0.29) is 5.57 Å². The summed E-state index contributed by atoms with van der Waals surface area (Å²) >= 11 is 0. The van der Waals surface area contributed by atoms with Gasteiger partial charge in [-0.3, -0.25) is 0 Å². The maximum absolute atomic E-state index is 8.68. The van der Waals surface area contributed by atoms with Crippen LogP contribution in [-0.4, -0.2) is 0 Å². The van der Waals surface area contributed by atoms with Crippen LogP contribution in [-0.2, 0) is 0 Å². The molecule has 0 atom stereocenters. The van der Waals surface area contributed by atoms with Crippen LogP contribution in [0.5, 0.6) is 0 Å². The summed E-state index contributed by atoms with van der Waals surface area (Å²) in [6.45, 7) is 1.88. The van der Waals surface area contributed by atoms with E-state index >= 15 is 0 Å². The number of nitriles is 2. The van der Waals surface area contributed by atoms with Crippen LogP contribution in [0.2, 0.25) is 0 Å². The summed E-state index contributed by atoms with van der Waals surface area (Å²) in [4.78, 5) is 0. The van der Waals surface area contributed by atoms with Crippen LogP contribution < -0.4 is 0 Å². The minimum atomic E-state index is 0.161. The van der Waals surface area contributed by atoms with E-state index in [9.17, 15) is 0 Å². The topological polar surface area (TPSA) is 47.6 Å². The molecule has 0 saturated heterocycles. The summed E-state index contributed by atoms with van der Waals surface area (Å²) in [7, 11) is 0. The zero-order valence-electron chi connectivity index (χ0n) is 7.28. The first kappa shape index (κ1) is 9.03. The Morgan fingerprint density at radius 1 is 1.15 bits per heavy atom. The zero-order chi connectivity index (χ0) is 9.68. The Kier molecular flexibility index (Phi) is 2.84.